The second-order valence-corrected chi connectivity index (χ2v) is 6.67. The number of nitrogens with one attached hydrogen (secondary N) is 1. The van der Waals surface area contributed by atoms with Crippen LogP contribution in [-0.4, -0.2) is 17.6 Å². The Labute approximate surface area is 162 Å². The highest BCUT2D eigenvalue weighted by atomic mass is 16.2. The van der Waals surface area contributed by atoms with Crippen LogP contribution in [0.15, 0.2) is 89.9 Å². The van der Waals surface area contributed by atoms with E-state index in [4.69, 9.17) is 5.73 Å². The fraction of sp³-hybridized carbons (Fsp3) is 0.0870. The molecule has 0 bridgehead atoms. The van der Waals surface area contributed by atoms with Gasteiger partial charge in [0.25, 0.3) is 0 Å². The molecule has 5 heteroatoms. The smallest absolute Gasteiger partial charge is 0.341 e. The van der Waals surface area contributed by atoms with Gasteiger partial charge >= 0.3 is 6.03 Å². The Morgan fingerprint density at radius 2 is 1.50 bits per heavy atom. The van der Waals surface area contributed by atoms with Crippen LogP contribution < -0.4 is 11.1 Å². The van der Waals surface area contributed by atoms with Crippen molar-refractivity contribution < 1.29 is 9.59 Å². The second-order valence-electron chi connectivity index (χ2n) is 6.67. The zero-order chi connectivity index (χ0) is 19.5. The number of hydrogen-bond donors (Lipinski definition) is 2. The van der Waals surface area contributed by atoms with Crippen molar-refractivity contribution in [1.82, 2.24) is 5.32 Å². The minimum absolute atomic E-state index is 0.204. The van der Waals surface area contributed by atoms with E-state index in [1.807, 2.05) is 66.7 Å². The molecule has 0 saturated heterocycles. The van der Waals surface area contributed by atoms with Crippen LogP contribution in [0, 0.1) is 0 Å². The predicted molar refractivity (Wildman–Crippen MR) is 108 cm³/mol. The largest absolute Gasteiger partial charge is 0.366 e. The highest BCUT2D eigenvalue weighted by molar-refractivity contribution is 6.12. The van der Waals surface area contributed by atoms with Crippen LogP contribution in [0.4, 0.5) is 4.79 Å². The third kappa shape index (κ3) is 3.42. The Kier molecular flexibility index (Phi) is 4.72. The van der Waals surface area contributed by atoms with E-state index in [2.05, 4.69) is 10.3 Å². The van der Waals surface area contributed by atoms with Crippen LogP contribution >= 0.6 is 0 Å². The maximum atomic E-state index is 12.4. The molecule has 1 aliphatic rings. The molecule has 2 unspecified atom stereocenters. The maximum absolute atomic E-state index is 12.4. The zero-order valence-corrected chi connectivity index (χ0v) is 15.1. The molecule has 3 N–H and O–H groups in total. The summed E-state index contributed by atoms with van der Waals surface area (Å²) in [7, 11) is 0. The van der Waals surface area contributed by atoms with Gasteiger partial charge in [-0.1, -0.05) is 72.8 Å². The van der Waals surface area contributed by atoms with Crippen molar-refractivity contribution in [3.05, 3.63) is 107 Å². The highest BCUT2D eigenvalue weighted by Crippen LogP contribution is 2.37. The van der Waals surface area contributed by atoms with E-state index in [0.717, 1.165) is 16.7 Å². The number of nitrogens with zero attached hydrogens (tertiary/aromatic N) is 1. The number of carbonyl (C=O) groups is 2. The van der Waals surface area contributed by atoms with E-state index in [1.54, 1.807) is 18.2 Å². The number of aliphatic imine (C=N–C) groups is 1. The van der Waals surface area contributed by atoms with Crippen molar-refractivity contribution >= 4 is 17.6 Å². The lowest BCUT2D eigenvalue weighted by Crippen LogP contribution is -2.40. The fourth-order valence-corrected chi connectivity index (χ4v) is 3.61. The molecule has 4 rings (SSSR count). The van der Waals surface area contributed by atoms with Crippen molar-refractivity contribution in [1.29, 1.82) is 0 Å². The minimum atomic E-state index is -0.503. The molecule has 0 aliphatic carbocycles. The quantitative estimate of drug-likeness (QED) is 0.733. The molecule has 2 atom stereocenters. The Hall–Kier alpha value is -3.73. The third-order valence-corrected chi connectivity index (χ3v) is 4.89. The van der Waals surface area contributed by atoms with Crippen molar-refractivity contribution in [3.63, 3.8) is 0 Å². The highest BCUT2D eigenvalue weighted by Gasteiger charge is 2.35. The molecule has 28 heavy (non-hydrogen) atoms. The van der Waals surface area contributed by atoms with Crippen molar-refractivity contribution in [3.8, 4) is 0 Å². The van der Waals surface area contributed by atoms with Gasteiger partial charge in [-0.15, -0.1) is 0 Å². The lowest BCUT2D eigenvalue weighted by atomic mass is 9.80. The lowest BCUT2D eigenvalue weighted by Gasteiger charge is -2.33. The molecule has 0 saturated carbocycles. The standard InChI is InChI=1S/C23H19N3O2/c24-22(27)18-13-7-12-17(14-18)21-19(15-8-3-1-4-9-15)20(25-23(28)26-21)16-10-5-2-6-11-16/h1-14,19,21H,(H2,24,27)(H,26,28). The number of nitrogens with two attached hydrogens (primary N) is 1. The van der Waals surface area contributed by atoms with Gasteiger partial charge in [0, 0.05) is 5.56 Å². The first-order valence-corrected chi connectivity index (χ1v) is 9.02. The molecular formula is C23H19N3O2. The van der Waals surface area contributed by atoms with Crippen molar-refractivity contribution in [2.45, 2.75) is 12.0 Å². The maximum Gasteiger partial charge on any atom is 0.341 e. The molecule has 1 aliphatic heterocycles. The summed E-state index contributed by atoms with van der Waals surface area (Å²) in [6.07, 6.45) is 0. The first kappa shape index (κ1) is 17.7. The Morgan fingerprint density at radius 3 is 2.18 bits per heavy atom. The van der Waals surface area contributed by atoms with Crippen molar-refractivity contribution in [2.75, 3.05) is 0 Å². The average molecular weight is 369 g/mol. The number of hydrogen-bond acceptors (Lipinski definition) is 2. The van der Waals surface area contributed by atoms with Gasteiger partial charge < -0.3 is 11.1 Å². The van der Waals surface area contributed by atoms with Crippen LogP contribution in [-0.2, 0) is 0 Å². The van der Waals surface area contributed by atoms with Crippen LogP contribution in [0.3, 0.4) is 0 Å². The number of rotatable bonds is 4. The number of amides is 3. The van der Waals surface area contributed by atoms with E-state index in [1.165, 1.54) is 0 Å². The van der Waals surface area contributed by atoms with Gasteiger partial charge in [0.2, 0.25) is 5.91 Å². The van der Waals surface area contributed by atoms with E-state index in [9.17, 15) is 9.59 Å². The molecule has 0 spiro atoms. The Balaban J connectivity index is 1.88. The number of urea groups is 1. The van der Waals surface area contributed by atoms with Gasteiger partial charge in [-0.05, 0) is 28.8 Å². The van der Waals surface area contributed by atoms with Gasteiger partial charge in [-0.3, -0.25) is 4.79 Å². The molecule has 0 aromatic heterocycles. The summed E-state index contributed by atoms with van der Waals surface area (Å²) in [6.45, 7) is 0. The molecule has 3 amide bonds. The average Bonchev–Trinajstić information content (AvgIpc) is 2.74. The lowest BCUT2D eigenvalue weighted by molar-refractivity contribution is 0.1000. The van der Waals surface area contributed by atoms with E-state index in [-0.39, 0.29) is 12.0 Å². The Bertz CT molecular complexity index is 1050. The SMILES string of the molecule is NC(=O)c1cccc(C2NC(=O)N=C(c3ccccc3)C2c2ccccc2)c1. The van der Waals surface area contributed by atoms with Crippen LogP contribution in [0.1, 0.15) is 39.0 Å². The van der Waals surface area contributed by atoms with Crippen LogP contribution in [0.25, 0.3) is 0 Å². The topological polar surface area (TPSA) is 84.5 Å². The molecular weight excluding hydrogens is 350 g/mol. The van der Waals surface area contributed by atoms with Crippen LogP contribution in [0.5, 0.6) is 0 Å². The first-order chi connectivity index (χ1) is 13.6. The molecule has 0 fully saturated rings. The van der Waals surface area contributed by atoms with Gasteiger partial charge in [-0.2, -0.15) is 4.99 Å². The summed E-state index contributed by atoms with van der Waals surface area (Å²) in [5.74, 6) is -0.707. The predicted octanol–water partition coefficient (Wildman–Crippen LogP) is 3.82. The van der Waals surface area contributed by atoms with Gasteiger partial charge in [0.15, 0.2) is 0 Å². The monoisotopic (exact) mass is 369 g/mol. The molecule has 0 radical (unpaired) electrons. The number of carbonyl (C=O) groups excluding carboxylic acids is 2. The first-order valence-electron chi connectivity index (χ1n) is 9.02. The summed E-state index contributed by atoms with van der Waals surface area (Å²) >= 11 is 0. The summed E-state index contributed by atoms with van der Waals surface area (Å²) in [5.41, 5.74) is 9.28. The second kappa shape index (κ2) is 7.48. The summed E-state index contributed by atoms with van der Waals surface area (Å²) in [4.78, 5) is 28.4. The van der Waals surface area contributed by atoms with E-state index in [0.29, 0.717) is 11.3 Å². The number of primary amides is 1. The fourth-order valence-electron chi connectivity index (χ4n) is 3.61. The minimum Gasteiger partial charge on any atom is -0.366 e. The Morgan fingerprint density at radius 1 is 0.857 bits per heavy atom. The molecule has 1 heterocycles. The number of benzene rings is 3. The zero-order valence-electron chi connectivity index (χ0n) is 15.1. The van der Waals surface area contributed by atoms with E-state index < -0.39 is 11.9 Å². The molecule has 5 nitrogen and oxygen atoms in total. The molecule has 3 aromatic carbocycles. The summed E-state index contributed by atoms with van der Waals surface area (Å²) < 4.78 is 0. The van der Waals surface area contributed by atoms with E-state index >= 15 is 0 Å². The summed E-state index contributed by atoms with van der Waals surface area (Å²) in [6, 6.07) is 25.9. The van der Waals surface area contributed by atoms with Crippen molar-refractivity contribution in [2.24, 2.45) is 10.7 Å². The van der Waals surface area contributed by atoms with Crippen LogP contribution in [0.2, 0.25) is 0 Å². The molecule has 138 valence electrons. The van der Waals surface area contributed by atoms with Gasteiger partial charge in [-0.25, -0.2) is 4.79 Å². The van der Waals surface area contributed by atoms with Gasteiger partial charge in [0.05, 0.1) is 17.7 Å². The third-order valence-electron chi connectivity index (χ3n) is 4.89. The summed E-state index contributed by atoms with van der Waals surface area (Å²) in [5, 5.41) is 2.97. The normalized spacial score (nSPS) is 18.9. The molecule has 3 aromatic rings. The van der Waals surface area contributed by atoms with Gasteiger partial charge in [0.1, 0.15) is 0 Å².